The Morgan fingerprint density at radius 1 is 1.65 bits per heavy atom. The van der Waals surface area contributed by atoms with E-state index in [2.05, 4.69) is 15.6 Å². The van der Waals surface area contributed by atoms with Gasteiger partial charge in [0.1, 0.15) is 6.04 Å². The summed E-state index contributed by atoms with van der Waals surface area (Å²) < 4.78 is 6.47. The standard InChI is InChI=1S/C11H20N4O2/c1-5-8(2)10(11(16)17-4)12-6-9-7-13-14-15(9)3/h7-8,10,12H,5-6H2,1-4H3. The summed E-state index contributed by atoms with van der Waals surface area (Å²) in [4.78, 5) is 11.6. The third-order valence-corrected chi connectivity index (χ3v) is 2.98. The van der Waals surface area contributed by atoms with Crippen molar-refractivity contribution in [1.82, 2.24) is 20.3 Å². The minimum absolute atomic E-state index is 0.226. The van der Waals surface area contributed by atoms with Gasteiger partial charge in [0.25, 0.3) is 0 Å². The Bertz CT molecular complexity index is 364. The van der Waals surface area contributed by atoms with Gasteiger partial charge in [-0.3, -0.25) is 14.8 Å². The number of ether oxygens (including phenoxy) is 1. The molecule has 1 N–H and O–H groups in total. The monoisotopic (exact) mass is 240 g/mol. The van der Waals surface area contributed by atoms with Crippen LogP contribution in [0, 0.1) is 5.92 Å². The Morgan fingerprint density at radius 3 is 2.82 bits per heavy atom. The van der Waals surface area contributed by atoms with Crippen LogP contribution in [0.3, 0.4) is 0 Å². The number of aromatic nitrogens is 3. The molecule has 17 heavy (non-hydrogen) atoms. The first-order chi connectivity index (χ1) is 8.10. The number of nitrogens with zero attached hydrogens (tertiary/aromatic N) is 3. The van der Waals surface area contributed by atoms with Gasteiger partial charge in [0.15, 0.2) is 0 Å². The van der Waals surface area contributed by atoms with E-state index in [0.29, 0.717) is 6.54 Å². The molecule has 6 heteroatoms. The number of carbonyl (C=O) groups excluding carboxylic acids is 1. The molecule has 0 spiro atoms. The number of nitrogens with one attached hydrogen (secondary N) is 1. The molecule has 1 aromatic rings. The molecule has 0 bridgehead atoms. The Morgan fingerprint density at radius 2 is 2.35 bits per heavy atom. The van der Waals surface area contributed by atoms with Crippen LogP contribution in [0.25, 0.3) is 0 Å². The van der Waals surface area contributed by atoms with Gasteiger partial charge in [0.05, 0.1) is 19.0 Å². The van der Waals surface area contributed by atoms with Gasteiger partial charge in [-0.05, 0) is 5.92 Å². The highest BCUT2D eigenvalue weighted by atomic mass is 16.5. The molecule has 2 atom stereocenters. The number of methoxy groups -OCH3 is 1. The zero-order chi connectivity index (χ0) is 12.8. The molecule has 96 valence electrons. The van der Waals surface area contributed by atoms with E-state index in [9.17, 15) is 4.79 Å². The van der Waals surface area contributed by atoms with Crippen LogP contribution in [0.4, 0.5) is 0 Å². The number of rotatable bonds is 6. The Balaban J connectivity index is 2.61. The van der Waals surface area contributed by atoms with Crippen LogP contribution in [-0.2, 0) is 23.1 Å². The number of aryl methyl sites for hydroxylation is 1. The zero-order valence-electron chi connectivity index (χ0n) is 10.8. The number of hydrogen-bond acceptors (Lipinski definition) is 5. The largest absolute Gasteiger partial charge is 0.468 e. The van der Waals surface area contributed by atoms with Gasteiger partial charge in [0, 0.05) is 13.6 Å². The van der Waals surface area contributed by atoms with Gasteiger partial charge >= 0.3 is 5.97 Å². The molecule has 0 saturated carbocycles. The molecule has 0 aliphatic rings. The molecular weight excluding hydrogens is 220 g/mol. The highest BCUT2D eigenvalue weighted by molar-refractivity contribution is 5.75. The molecule has 1 aromatic heterocycles. The first-order valence-electron chi connectivity index (χ1n) is 5.74. The zero-order valence-corrected chi connectivity index (χ0v) is 10.8. The van der Waals surface area contributed by atoms with Crippen LogP contribution in [0.15, 0.2) is 6.20 Å². The van der Waals surface area contributed by atoms with Gasteiger partial charge < -0.3 is 4.74 Å². The van der Waals surface area contributed by atoms with E-state index in [1.54, 1.807) is 10.9 Å². The molecule has 6 nitrogen and oxygen atoms in total. The summed E-state index contributed by atoms with van der Waals surface area (Å²) in [6.07, 6.45) is 2.59. The van der Waals surface area contributed by atoms with Crippen molar-refractivity contribution in [3.63, 3.8) is 0 Å². The predicted molar refractivity (Wildman–Crippen MR) is 63.1 cm³/mol. The summed E-state index contributed by atoms with van der Waals surface area (Å²) in [7, 11) is 3.23. The molecular formula is C11H20N4O2. The average Bonchev–Trinajstić information content (AvgIpc) is 2.74. The molecule has 0 aromatic carbocycles. The van der Waals surface area contributed by atoms with Crippen LogP contribution >= 0.6 is 0 Å². The molecule has 0 saturated heterocycles. The molecule has 1 heterocycles. The highest BCUT2D eigenvalue weighted by Gasteiger charge is 2.24. The summed E-state index contributed by atoms with van der Waals surface area (Å²) >= 11 is 0. The van der Waals surface area contributed by atoms with Crippen LogP contribution in [-0.4, -0.2) is 34.1 Å². The summed E-state index contributed by atoms with van der Waals surface area (Å²) in [5.41, 5.74) is 0.933. The highest BCUT2D eigenvalue weighted by Crippen LogP contribution is 2.10. The maximum Gasteiger partial charge on any atom is 0.323 e. The van der Waals surface area contributed by atoms with Crippen molar-refractivity contribution in [2.75, 3.05) is 7.11 Å². The Labute approximate surface area is 101 Å². The summed E-state index contributed by atoms with van der Waals surface area (Å²) in [6, 6.07) is -0.292. The first-order valence-corrected chi connectivity index (χ1v) is 5.74. The van der Waals surface area contributed by atoms with Crippen molar-refractivity contribution >= 4 is 5.97 Å². The van der Waals surface area contributed by atoms with Crippen LogP contribution in [0.1, 0.15) is 26.0 Å². The van der Waals surface area contributed by atoms with Crippen molar-refractivity contribution in [2.24, 2.45) is 13.0 Å². The fourth-order valence-electron chi connectivity index (χ4n) is 1.56. The lowest BCUT2D eigenvalue weighted by Gasteiger charge is -2.21. The van der Waals surface area contributed by atoms with E-state index in [-0.39, 0.29) is 17.9 Å². The van der Waals surface area contributed by atoms with E-state index >= 15 is 0 Å². The van der Waals surface area contributed by atoms with Crippen molar-refractivity contribution in [3.05, 3.63) is 11.9 Å². The molecule has 0 fully saturated rings. The molecule has 0 radical (unpaired) electrons. The lowest BCUT2D eigenvalue weighted by atomic mass is 9.99. The smallest absolute Gasteiger partial charge is 0.323 e. The van der Waals surface area contributed by atoms with Gasteiger partial charge in [-0.25, -0.2) is 0 Å². The second-order valence-corrected chi connectivity index (χ2v) is 4.12. The van der Waals surface area contributed by atoms with Gasteiger partial charge in [-0.15, -0.1) is 5.10 Å². The number of esters is 1. The number of carbonyl (C=O) groups is 1. The van der Waals surface area contributed by atoms with Crippen LogP contribution in [0.2, 0.25) is 0 Å². The second-order valence-electron chi connectivity index (χ2n) is 4.12. The van der Waals surface area contributed by atoms with Crippen molar-refractivity contribution in [3.8, 4) is 0 Å². The predicted octanol–water partition coefficient (Wildman–Crippen LogP) is 0.492. The normalized spacial score (nSPS) is 14.4. The summed E-state index contributed by atoms with van der Waals surface area (Å²) in [5.74, 6) is -0.00175. The topological polar surface area (TPSA) is 69.0 Å². The molecule has 0 amide bonds. The van der Waals surface area contributed by atoms with Crippen LogP contribution < -0.4 is 5.32 Å². The number of hydrogen-bond donors (Lipinski definition) is 1. The van der Waals surface area contributed by atoms with E-state index in [1.165, 1.54) is 7.11 Å². The van der Waals surface area contributed by atoms with E-state index in [4.69, 9.17) is 4.74 Å². The van der Waals surface area contributed by atoms with Gasteiger partial charge in [-0.2, -0.15) is 0 Å². The summed E-state index contributed by atoms with van der Waals surface area (Å²) in [6.45, 7) is 4.62. The Hall–Kier alpha value is -1.43. The fraction of sp³-hybridized carbons (Fsp3) is 0.727. The third kappa shape index (κ3) is 3.52. The maximum atomic E-state index is 11.6. The second kappa shape index (κ2) is 6.34. The van der Waals surface area contributed by atoms with E-state index in [0.717, 1.165) is 12.1 Å². The van der Waals surface area contributed by atoms with Crippen molar-refractivity contribution in [1.29, 1.82) is 0 Å². The van der Waals surface area contributed by atoms with Crippen molar-refractivity contribution < 1.29 is 9.53 Å². The molecule has 1 rings (SSSR count). The summed E-state index contributed by atoms with van der Waals surface area (Å²) in [5, 5.41) is 10.8. The quantitative estimate of drug-likeness (QED) is 0.733. The minimum Gasteiger partial charge on any atom is -0.468 e. The Kier molecular flexibility index (Phi) is 5.09. The lowest BCUT2D eigenvalue weighted by Crippen LogP contribution is -2.42. The van der Waals surface area contributed by atoms with Crippen LogP contribution in [0.5, 0.6) is 0 Å². The lowest BCUT2D eigenvalue weighted by molar-refractivity contribution is -0.144. The van der Waals surface area contributed by atoms with Crippen molar-refractivity contribution in [2.45, 2.75) is 32.9 Å². The van der Waals surface area contributed by atoms with E-state index in [1.807, 2.05) is 20.9 Å². The van der Waals surface area contributed by atoms with Gasteiger partial charge in [-0.1, -0.05) is 25.5 Å². The molecule has 2 unspecified atom stereocenters. The first kappa shape index (κ1) is 13.6. The molecule has 0 aliphatic heterocycles. The maximum absolute atomic E-state index is 11.6. The fourth-order valence-corrected chi connectivity index (χ4v) is 1.56. The SMILES string of the molecule is CCC(C)C(NCc1cnnn1C)C(=O)OC. The van der Waals surface area contributed by atoms with Gasteiger partial charge in [0.2, 0.25) is 0 Å². The van der Waals surface area contributed by atoms with E-state index < -0.39 is 0 Å². The minimum atomic E-state index is -0.292. The molecule has 0 aliphatic carbocycles. The average molecular weight is 240 g/mol. The third-order valence-electron chi connectivity index (χ3n) is 2.98.